The number of aliphatic carboxylic acids is 1. The van der Waals surface area contributed by atoms with Crippen LogP contribution in [0.25, 0.3) is 0 Å². The first kappa shape index (κ1) is 19.0. The smallest absolute Gasteiger partial charge is 0.352 e. The summed E-state index contributed by atoms with van der Waals surface area (Å²) in [6.45, 7) is 3.58. The van der Waals surface area contributed by atoms with E-state index in [0.717, 1.165) is 5.56 Å². The molecule has 1 heterocycles. The number of non-ortho nitro benzene ring substituents is 1. The minimum atomic E-state index is -1.20. The Bertz CT molecular complexity index is 1030. The van der Waals surface area contributed by atoms with E-state index in [2.05, 4.69) is 9.98 Å². The van der Waals surface area contributed by atoms with E-state index in [-0.39, 0.29) is 40.0 Å². The van der Waals surface area contributed by atoms with Crippen molar-refractivity contribution in [2.75, 3.05) is 0 Å². The van der Waals surface area contributed by atoms with Gasteiger partial charge in [0.25, 0.3) is 5.69 Å². The predicted octanol–water partition coefficient (Wildman–Crippen LogP) is 3.47. The molecule has 0 saturated carbocycles. The maximum Gasteiger partial charge on any atom is 0.352 e. The van der Waals surface area contributed by atoms with Gasteiger partial charge in [0.1, 0.15) is 11.8 Å². The molecule has 0 spiro atoms. The molecule has 0 bridgehead atoms. The van der Waals surface area contributed by atoms with E-state index < -0.39 is 16.9 Å². The van der Waals surface area contributed by atoms with Crippen molar-refractivity contribution in [3.8, 4) is 17.2 Å². The van der Waals surface area contributed by atoms with E-state index in [1.54, 1.807) is 26.0 Å². The number of amidine groups is 1. The number of phenols is 1. The molecule has 1 unspecified atom stereocenters. The van der Waals surface area contributed by atoms with Crippen LogP contribution in [-0.2, 0) is 4.79 Å². The Morgan fingerprint density at radius 3 is 2.54 bits per heavy atom. The molecule has 9 heteroatoms. The molecule has 2 aromatic rings. The Balaban J connectivity index is 2.09. The average molecular weight is 383 g/mol. The second-order valence-electron chi connectivity index (χ2n) is 6.19. The third-order valence-corrected chi connectivity index (χ3v) is 4.18. The summed E-state index contributed by atoms with van der Waals surface area (Å²) in [5.41, 5.74) is 0.651. The molecule has 1 aliphatic heterocycles. The Morgan fingerprint density at radius 2 is 1.96 bits per heavy atom. The van der Waals surface area contributed by atoms with E-state index in [0.29, 0.717) is 6.42 Å². The zero-order chi connectivity index (χ0) is 20.4. The molecule has 2 N–H and O–H groups in total. The third-order valence-electron chi connectivity index (χ3n) is 4.18. The summed E-state index contributed by atoms with van der Waals surface area (Å²) in [5.74, 6) is -0.953. The molecular formula is C19H17N3O6. The van der Waals surface area contributed by atoms with Crippen molar-refractivity contribution < 1.29 is 24.7 Å². The molecule has 0 fully saturated rings. The number of hydrogen-bond acceptors (Lipinski definition) is 7. The van der Waals surface area contributed by atoms with Gasteiger partial charge in [-0.1, -0.05) is 13.0 Å². The molecule has 0 aliphatic carbocycles. The quantitative estimate of drug-likeness (QED) is 0.579. The summed E-state index contributed by atoms with van der Waals surface area (Å²) < 4.78 is 5.74. The van der Waals surface area contributed by atoms with Crippen LogP contribution < -0.4 is 4.74 Å². The second-order valence-corrected chi connectivity index (χ2v) is 6.19. The summed E-state index contributed by atoms with van der Waals surface area (Å²) >= 11 is 0. The highest BCUT2D eigenvalue weighted by molar-refractivity contribution is 6.42. The van der Waals surface area contributed by atoms with Crippen LogP contribution in [0.15, 0.2) is 46.4 Å². The van der Waals surface area contributed by atoms with Gasteiger partial charge in [-0.2, -0.15) is 0 Å². The van der Waals surface area contributed by atoms with Crippen molar-refractivity contribution in [3.63, 3.8) is 0 Å². The molecule has 0 amide bonds. The number of carboxylic acids is 1. The number of rotatable bonds is 6. The number of ether oxygens (including phenoxy) is 1. The number of nitro groups is 1. The average Bonchev–Trinajstić information content (AvgIpc) is 3.08. The first-order valence-electron chi connectivity index (χ1n) is 8.46. The van der Waals surface area contributed by atoms with Crippen molar-refractivity contribution in [1.82, 2.24) is 0 Å². The first-order chi connectivity index (χ1) is 13.3. The molecule has 0 saturated heterocycles. The van der Waals surface area contributed by atoms with Crippen molar-refractivity contribution in [3.05, 3.63) is 57.6 Å². The SMILES string of the molecule is CCC1N=C(c2cc([N+](=O)[O-])ccc2Oc2ccc(C)cc2O)N=C1C(=O)O. The zero-order valence-corrected chi connectivity index (χ0v) is 15.1. The van der Waals surface area contributed by atoms with Crippen LogP contribution in [0.4, 0.5) is 5.69 Å². The highest BCUT2D eigenvalue weighted by Crippen LogP contribution is 2.35. The minimum Gasteiger partial charge on any atom is -0.504 e. The molecule has 3 rings (SSSR count). The fraction of sp³-hybridized carbons (Fsp3) is 0.211. The largest absolute Gasteiger partial charge is 0.504 e. The second kappa shape index (κ2) is 7.47. The molecule has 9 nitrogen and oxygen atoms in total. The topological polar surface area (TPSA) is 135 Å². The Hall–Kier alpha value is -3.75. The van der Waals surface area contributed by atoms with Crippen LogP contribution in [0.5, 0.6) is 17.2 Å². The van der Waals surface area contributed by atoms with Crippen molar-refractivity contribution in [1.29, 1.82) is 0 Å². The van der Waals surface area contributed by atoms with Gasteiger partial charge in [0.2, 0.25) is 0 Å². The summed E-state index contributed by atoms with van der Waals surface area (Å²) in [6.07, 6.45) is 0.415. The van der Waals surface area contributed by atoms with Gasteiger partial charge in [-0.15, -0.1) is 0 Å². The number of phenolic OH excluding ortho intramolecular Hbond substituents is 1. The number of aliphatic imine (C=N–C) groups is 2. The zero-order valence-electron chi connectivity index (χ0n) is 15.1. The van der Waals surface area contributed by atoms with E-state index in [9.17, 15) is 25.1 Å². The molecule has 144 valence electrons. The van der Waals surface area contributed by atoms with E-state index in [4.69, 9.17) is 4.74 Å². The van der Waals surface area contributed by atoms with Crippen molar-refractivity contribution in [2.45, 2.75) is 26.3 Å². The maximum absolute atomic E-state index is 11.4. The molecular weight excluding hydrogens is 366 g/mol. The number of aromatic hydroxyl groups is 1. The number of nitrogens with zero attached hydrogens (tertiary/aromatic N) is 3. The molecule has 1 aliphatic rings. The Kier molecular flexibility index (Phi) is 5.08. The lowest BCUT2D eigenvalue weighted by atomic mass is 10.1. The fourth-order valence-electron chi connectivity index (χ4n) is 2.76. The summed E-state index contributed by atoms with van der Waals surface area (Å²) in [6, 6.07) is 8.01. The summed E-state index contributed by atoms with van der Waals surface area (Å²) in [7, 11) is 0. The third kappa shape index (κ3) is 3.68. The molecule has 1 atom stereocenters. The number of aryl methyl sites for hydroxylation is 1. The van der Waals surface area contributed by atoms with Gasteiger partial charge in [0, 0.05) is 12.1 Å². The molecule has 2 aromatic carbocycles. The standard InChI is InChI=1S/C19H17N3O6/c1-3-13-17(19(24)25)21-18(20-13)12-9-11(22(26)27)5-7-15(12)28-16-6-4-10(2)8-14(16)23/h4-9,13,23H,3H2,1-2H3,(H,24,25). The van der Waals surface area contributed by atoms with Crippen LogP contribution in [-0.4, -0.2) is 38.7 Å². The lowest BCUT2D eigenvalue weighted by Gasteiger charge is -2.12. The predicted molar refractivity (Wildman–Crippen MR) is 102 cm³/mol. The van der Waals surface area contributed by atoms with Crippen LogP contribution in [0.3, 0.4) is 0 Å². The van der Waals surface area contributed by atoms with Gasteiger partial charge in [-0.05, 0) is 37.1 Å². The van der Waals surface area contributed by atoms with Crippen LogP contribution >= 0.6 is 0 Å². The highest BCUT2D eigenvalue weighted by atomic mass is 16.6. The number of carboxylic acid groups (broad SMARTS) is 1. The lowest BCUT2D eigenvalue weighted by Crippen LogP contribution is -2.23. The van der Waals surface area contributed by atoms with Gasteiger partial charge in [0.15, 0.2) is 23.0 Å². The van der Waals surface area contributed by atoms with Crippen molar-refractivity contribution >= 4 is 23.2 Å². The number of benzene rings is 2. The molecule has 0 aromatic heterocycles. The van der Waals surface area contributed by atoms with E-state index >= 15 is 0 Å². The molecule has 28 heavy (non-hydrogen) atoms. The van der Waals surface area contributed by atoms with Crippen LogP contribution in [0.2, 0.25) is 0 Å². The Morgan fingerprint density at radius 1 is 1.25 bits per heavy atom. The maximum atomic E-state index is 11.4. The molecule has 0 radical (unpaired) electrons. The van der Waals surface area contributed by atoms with Crippen LogP contribution in [0, 0.1) is 17.0 Å². The van der Waals surface area contributed by atoms with Gasteiger partial charge < -0.3 is 14.9 Å². The van der Waals surface area contributed by atoms with Crippen LogP contribution in [0.1, 0.15) is 24.5 Å². The minimum absolute atomic E-state index is 0.0366. The monoisotopic (exact) mass is 383 g/mol. The van der Waals surface area contributed by atoms with Gasteiger partial charge in [-0.3, -0.25) is 15.1 Å². The lowest BCUT2D eigenvalue weighted by molar-refractivity contribution is -0.384. The first-order valence-corrected chi connectivity index (χ1v) is 8.46. The van der Waals surface area contributed by atoms with Gasteiger partial charge in [0.05, 0.1) is 10.5 Å². The van der Waals surface area contributed by atoms with E-state index in [1.807, 2.05) is 0 Å². The van der Waals surface area contributed by atoms with Gasteiger partial charge in [-0.25, -0.2) is 9.79 Å². The Labute approximate surface area is 159 Å². The number of carbonyl (C=O) groups is 1. The van der Waals surface area contributed by atoms with E-state index in [1.165, 1.54) is 24.3 Å². The summed E-state index contributed by atoms with van der Waals surface area (Å²) in [4.78, 5) is 30.3. The summed E-state index contributed by atoms with van der Waals surface area (Å²) in [5, 5.41) is 30.6. The highest BCUT2D eigenvalue weighted by Gasteiger charge is 2.29. The van der Waals surface area contributed by atoms with Crippen molar-refractivity contribution in [2.24, 2.45) is 9.98 Å². The number of hydrogen-bond donors (Lipinski definition) is 2. The fourth-order valence-corrected chi connectivity index (χ4v) is 2.76. The normalized spacial score (nSPS) is 15.7. The number of nitro benzene ring substituents is 1. The van der Waals surface area contributed by atoms with Gasteiger partial charge >= 0.3 is 5.97 Å².